The predicted octanol–water partition coefficient (Wildman–Crippen LogP) is 2.77. The van der Waals surface area contributed by atoms with Crippen molar-refractivity contribution in [1.82, 2.24) is 0 Å². The second-order valence-electron chi connectivity index (χ2n) is 4.15. The van der Waals surface area contributed by atoms with Gasteiger partial charge in [0.15, 0.2) is 9.84 Å². The highest BCUT2D eigenvalue weighted by Crippen LogP contribution is 2.24. The summed E-state index contributed by atoms with van der Waals surface area (Å²) in [4.78, 5) is 0.250. The van der Waals surface area contributed by atoms with Gasteiger partial charge in [-0.1, -0.05) is 0 Å². The number of hydrogen-bond donors (Lipinski definition) is 1. The Kier molecular flexibility index (Phi) is 4.11. The Morgan fingerprint density at radius 1 is 1.32 bits per heavy atom. The number of benzene rings is 1. The summed E-state index contributed by atoms with van der Waals surface area (Å²) in [6, 6.07) is 6.94. The summed E-state index contributed by atoms with van der Waals surface area (Å²) in [5.74, 6) is 0.524. The summed E-state index contributed by atoms with van der Waals surface area (Å²) < 4.78 is 28.3. The summed E-state index contributed by atoms with van der Waals surface area (Å²) in [5, 5.41) is 7.25. The predicted molar refractivity (Wildman–Crippen MR) is 77.7 cm³/mol. The molecule has 4 nitrogen and oxygen atoms in total. The molecule has 1 N–H and O–H groups in total. The number of sulfone groups is 1. The Morgan fingerprint density at radius 3 is 2.68 bits per heavy atom. The molecule has 102 valence electrons. The molecule has 0 aliphatic carbocycles. The molecule has 0 saturated heterocycles. The number of thiophene rings is 1. The minimum atomic E-state index is -3.25. The molecule has 0 radical (unpaired) electrons. The molecule has 0 atom stereocenters. The molecule has 19 heavy (non-hydrogen) atoms. The Balaban J connectivity index is 2.24. The quantitative estimate of drug-likeness (QED) is 0.922. The van der Waals surface area contributed by atoms with Crippen LogP contribution in [0, 0.1) is 0 Å². The van der Waals surface area contributed by atoms with E-state index in [1.165, 1.54) is 19.4 Å². The van der Waals surface area contributed by atoms with E-state index in [0.29, 0.717) is 12.3 Å². The van der Waals surface area contributed by atoms with Gasteiger partial charge in [-0.2, -0.15) is 11.3 Å². The number of anilines is 1. The van der Waals surface area contributed by atoms with Gasteiger partial charge in [-0.3, -0.25) is 0 Å². The molecule has 0 aliphatic heterocycles. The van der Waals surface area contributed by atoms with Crippen LogP contribution in [0.5, 0.6) is 5.75 Å². The van der Waals surface area contributed by atoms with Crippen molar-refractivity contribution < 1.29 is 13.2 Å². The zero-order valence-electron chi connectivity index (χ0n) is 10.7. The standard InChI is InChI=1S/C13H15NO3S2/c1-17-12-5-11(6-13(7-12)19(2,15)16)14-8-10-3-4-18-9-10/h3-7,9,14H,8H2,1-2H3. The van der Waals surface area contributed by atoms with E-state index in [9.17, 15) is 8.42 Å². The van der Waals surface area contributed by atoms with Crippen LogP contribution < -0.4 is 10.1 Å². The number of nitrogens with one attached hydrogen (secondary N) is 1. The van der Waals surface area contributed by atoms with Gasteiger partial charge in [0.25, 0.3) is 0 Å². The molecule has 2 aromatic rings. The van der Waals surface area contributed by atoms with Gasteiger partial charge in [0, 0.05) is 24.6 Å². The summed E-state index contributed by atoms with van der Waals surface area (Å²) in [6.07, 6.45) is 1.18. The van der Waals surface area contributed by atoms with Crippen LogP contribution in [-0.2, 0) is 16.4 Å². The average Bonchev–Trinajstić information content (AvgIpc) is 2.88. The van der Waals surface area contributed by atoms with Gasteiger partial charge in [-0.15, -0.1) is 0 Å². The van der Waals surface area contributed by atoms with Gasteiger partial charge in [-0.05, 0) is 34.5 Å². The lowest BCUT2D eigenvalue weighted by Gasteiger charge is -2.10. The van der Waals surface area contributed by atoms with E-state index in [0.717, 1.165) is 11.3 Å². The fourth-order valence-electron chi connectivity index (χ4n) is 1.60. The summed E-state index contributed by atoms with van der Waals surface area (Å²) >= 11 is 1.63. The topological polar surface area (TPSA) is 55.4 Å². The van der Waals surface area contributed by atoms with E-state index >= 15 is 0 Å². The highest BCUT2D eigenvalue weighted by molar-refractivity contribution is 7.90. The smallest absolute Gasteiger partial charge is 0.175 e. The Bertz CT molecular complexity index is 649. The van der Waals surface area contributed by atoms with Crippen molar-refractivity contribution in [1.29, 1.82) is 0 Å². The van der Waals surface area contributed by atoms with Crippen LogP contribution in [0.4, 0.5) is 5.69 Å². The molecule has 6 heteroatoms. The Morgan fingerprint density at radius 2 is 2.11 bits per heavy atom. The zero-order valence-corrected chi connectivity index (χ0v) is 12.3. The SMILES string of the molecule is COc1cc(NCc2ccsc2)cc(S(C)(=O)=O)c1. The van der Waals surface area contributed by atoms with Crippen LogP contribution in [0.1, 0.15) is 5.56 Å². The first-order chi connectivity index (χ1) is 8.99. The molecular formula is C13H15NO3S2. The fraction of sp³-hybridized carbons (Fsp3) is 0.231. The first-order valence-electron chi connectivity index (χ1n) is 5.63. The monoisotopic (exact) mass is 297 g/mol. The van der Waals surface area contributed by atoms with E-state index in [-0.39, 0.29) is 4.90 Å². The average molecular weight is 297 g/mol. The third-order valence-corrected chi connectivity index (χ3v) is 4.44. The van der Waals surface area contributed by atoms with Crippen molar-refractivity contribution >= 4 is 26.9 Å². The molecule has 0 spiro atoms. The van der Waals surface area contributed by atoms with Gasteiger partial charge in [0.1, 0.15) is 5.75 Å². The molecule has 2 rings (SSSR count). The number of ether oxygens (including phenoxy) is 1. The maximum Gasteiger partial charge on any atom is 0.175 e. The van der Waals surface area contributed by atoms with Crippen molar-refractivity contribution in [3.8, 4) is 5.75 Å². The molecule has 0 aliphatic rings. The molecule has 1 aromatic carbocycles. The molecule has 0 amide bonds. The molecule has 0 fully saturated rings. The molecule has 1 heterocycles. The number of methoxy groups -OCH3 is 1. The van der Waals surface area contributed by atoms with Crippen LogP contribution in [0.2, 0.25) is 0 Å². The Hall–Kier alpha value is -1.53. The minimum absolute atomic E-state index is 0.250. The normalized spacial score (nSPS) is 11.3. The summed E-state index contributed by atoms with van der Waals surface area (Å²) in [5.41, 5.74) is 1.89. The maximum atomic E-state index is 11.6. The van der Waals surface area contributed by atoms with Crippen molar-refractivity contribution in [2.75, 3.05) is 18.7 Å². The molecule has 1 aromatic heterocycles. The number of rotatable bonds is 5. The summed E-state index contributed by atoms with van der Waals surface area (Å²) in [7, 11) is -1.73. The van der Waals surface area contributed by atoms with Gasteiger partial charge in [0.2, 0.25) is 0 Å². The minimum Gasteiger partial charge on any atom is -0.497 e. The molecular weight excluding hydrogens is 282 g/mol. The van der Waals surface area contributed by atoms with Gasteiger partial charge < -0.3 is 10.1 Å². The van der Waals surface area contributed by atoms with E-state index in [1.54, 1.807) is 23.5 Å². The van der Waals surface area contributed by atoms with Crippen molar-refractivity contribution in [3.63, 3.8) is 0 Å². The van der Waals surface area contributed by atoms with E-state index < -0.39 is 9.84 Å². The highest BCUT2D eigenvalue weighted by Gasteiger charge is 2.10. The lowest BCUT2D eigenvalue weighted by molar-refractivity contribution is 0.413. The van der Waals surface area contributed by atoms with Crippen LogP contribution in [0.15, 0.2) is 39.9 Å². The van der Waals surface area contributed by atoms with Gasteiger partial charge >= 0.3 is 0 Å². The maximum absolute atomic E-state index is 11.6. The first kappa shape index (κ1) is 13.9. The molecule has 0 bridgehead atoms. The van der Waals surface area contributed by atoms with E-state index in [1.807, 2.05) is 16.8 Å². The second-order valence-corrected chi connectivity index (χ2v) is 6.95. The van der Waals surface area contributed by atoms with Crippen molar-refractivity contribution in [2.24, 2.45) is 0 Å². The zero-order chi connectivity index (χ0) is 13.9. The van der Waals surface area contributed by atoms with Crippen molar-refractivity contribution in [3.05, 3.63) is 40.6 Å². The molecule has 0 unspecified atom stereocenters. The first-order valence-corrected chi connectivity index (χ1v) is 8.46. The van der Waals surface area contributed by atoms with Gasteiger partial charge in [0.05, 0.1) is 12.0 Å². The second kappa shape index (κ2) is 5.63. The highest BCUT2D eigenvalue weighted by atomic mass is 32.2. The summed E-state index contributed by atoms with van der Waals surface area (Å²) in [6.45, 7) is 0.653. The van der Waals surface area contributed by atoms with Crippen LogP contribution in [-0.4, -0.2) is 21.8 Å². The number of hydrogen-bond acceptors (Lipinski definition) is 5. The lowest BCUT2D eigenvalue weighted by atomic mass is 10.2. The third kappa shape index (κ3) is 3.71. The van der Waals surface area contributed by atoms with E-state index in [2.05, 4.69) is 5.32 Å². The Labute approximate surface area is 117 Å². The fourth-order valence-corrected chi connectivity index (χ4v) is 2.94. The van der Waals surface area contributed by atoms with E-state index in [4.69, 9.17) is 4.74 Å². The van der Waals surface area contributed by atoms with Gasteiger partial charge in [-0.25, -0.2) is 8.42 Å². The molecule has 0 saturated carbocycles. The third-order valence-electron chi connectivity index (χ3n) is 2.62. The van der Waals surface area contributed by atoms with Crippen LogP contribution >= 0.6 is 11.3 Å². The van der Waals surface area contributed by atoms with Crippen LogP contribution in [0.25, 0.3) is 0 Å². The van der Waals surface area contributed by atoms with Crippen molar-refractivity contribution in [2.45, 2.75) is 11.4 Å². The largest absolute Gasteiger partial charge is 0.497 e. The lowest BCUT2D eigenvalue weighted by Crippen LogP contribution is -2.02. The van der Waals surface area contributed by atoms with Crippen LogP contribution in [0.3, 0.4) is 0 Å².